The van der Waals surface area contributed by atoms with Gasteiger partial charge < -0.3 is 27.0 Å². The molecule has 5 atom stereocenters. The van der Waals surface area contributed by atoms with Gasteiger partial charge in [-0.15, -0.1) is 0 Å². The number of amides is 1. The van der Waals surface area contributed by atoms with Crippen molar-refractivity contribution >= 4 is 27.1 Å². The van der Waals surface area contributed by atoms with Crippen LogP contribution in [-0.4, -0.2) is 68.8 Å². The number of nitrogens with two attached hydrogens (primary N) is 2. The lowest BCUT2D eigenvalue weighted by molar-refractivity contribution is -0.121. The summed E-state index contributed by atoms with van der Waals surface area (Å²) in [6.07, 6.45) is 5.41. The third-order valence-electron chi connectivity index (χ3n) is 8.39. The first-order valence-electron chi connectivity index (χ1n) is 12.6. The fraction of sp³-hybridized carbons (Fsp3) is 0.750. The van der Waals surface area contributed by atoms with E-state index in [0.717, 1.165) is 25.7 Å². The van der Waals surface area contributed by atoms with Crippen LogP contribution in [0.1, 0.15) is 46.0 Å². The Bertz CT molecular complexity index is 1030. The largest absolute Gasteiger partial charge is 0.368 e. The van der Waals surface area contributed by atoms with E-state index in [2.05, 4.69) is 29.5 Å². The molecule has 196 valence electrons. The Balaban J connectivity index is 1.55. The molecular formula is C24H39FN6O3S. The molecule has 2 aliphatic heterocycles. The molecular weight excluding hydrogens is 471 g/mol. The number of anilines is 2. The molecule has 3 fully saturated rings. The van der Waals surface area contributed by atoms with Gasteiger partial charge in [-0.2, -0.15) is 0 Å². The van der Waals surface area contributed by atoms with Gasteiger partial charge in [0.25, 0.3) is 0 Å². The second kappa shape index (κ2) is 9.91. The van der Waals surface area contributed by atoms with Crippen molar-refractivity contribution in [2.45, 2.75) is 64.3 Å². The number of hydrogen-bond acceptors (Lipinski definition) is 8. The van der Waals surface area contributed by atoms with Crippen molar-refractivity contribution in [3.8, 4) is 0 Å². The molecule has 9 nitrogen and oxygen atoms in total. The van der Waals surface area contributed by atoms with E-state index < -0.39 is 28.1 Å². The summed E-state index contributed by atoms with van der Waals surface area (Å²) >= 11 is 0. The summed E-state index contributed by atoms with van der Waals surface area (Å²) in [6.45, 7) is 5.15. The lowest BCUT2D eigenvalue weighted by atomic mass is 9.77. The standard InChI is InChI=1S/C24H39FN6O3S/c1-3-5-24-12-17(29-13-16(25)11-23(24,2)15-24)20(21(26)27)22(32)30-18-14-28-6-4-19(18)31-7-9-35(33,34)10-8-31/h4,6,14,16-17,20-21,29H,3,5,7-13,15,26-27H2,1-2H3,(H,30,32). The van der Waals surface area contributed by atoms with E-state index in [4.69, 9.17) is 11.5 Å². The minimum atomic E-state index is -3.04. The SMILES string of the molecule is CCCC12CC(C(C(=O)Nc3cnccc3N3CCS(=O)(=O)CC3)C(N)N)NCC(F)CC1(C)C2. The van der Waals surface area contributed by atoms with Crippen LogP contribution < -0.4 is 27.0 Å². The van der Waals surface area contributed by atoms with Crippen molar-refractivity contribution in [3.05, 3.63) is 18.5 Å². The van der Waals surface area contributed by atoms with Crippen LogP contribution in [0.3, 0.4) is 0 Å². The third-order valence-corrected chi connectivity index (χ3v) is 10.00. The molecule has 1 saturated carbocycles. The number of alkyl halides is 1. The fourth-order valence-corrected chi connectivity index (χ4v) is 7.62. The molecule has 11 heteroatoms. The van der Waals surface area contributed by atoms with Gasteiger partial charge in [-0.3, -0.25) is 9.78 Å². The molecule has 2 saturated heterocycles. The molecule has 6 N–H and O–H groups in total. The predicted octanol–water partition coefficient (Wildman–Crippen LogP) is 1.40. The predicted molar refractivity (Wildman–Crippen MR) is 135 cm³/mol. The van der Waals surface area contributed by atoms with Crippen molar-refractivity contribution in [2.24, 2.45) is 28.2 Å². The van der Waals surface area contributed by atoms with Crippen molar-refractivity contribution in [3.63, 3.8) is 0 Å². The van der Waals surface area contributed by atoms with Crippen LogP contribution in [0.2, 0.25) is 0 Å². The van der Waals surface area contributed by atoms with Crippen LogP contribution in [0.4, 0.5) is 15.8 Å². The summed E-state index contributed by atoms with van der Waals surface area (Å²) in [6, 6.07) is 1.40. The zero-order valence-corrected chi connectivity index (χ0v) is 21.5. The average molecular weight is 511 g/mol. The van der Waals surface area contributed by atoms with Crippen molar-refractivity contribution in [1.82, 2.24) is 10.3 Å². The first kappa shape index (κ1) is 26.2. The van der Waals surface area contributed by atoms with E-state index in [1.807, 2.05) is 4.90 Å². The van der Waals surface area contributed by atoms with Crippen LogP contribution in [0.15, 0.2) is 18.5 Å². The van der Waals surface area contributed by atoms with Gasteiger partial charge in [-0.05, 0) is 42.6 Å². The highest BCUT2D eigenvalue weighted by Crippen LogP contribution is 2.71. The van der Waals surface area contributed by atoms with Gasteiger partial charge in [0.15, 0.2) is 9.84 Å². The molecule has 0 spiro atoms. The minimum absolute atomic E-state index is 0.0175. The van der Waals surface area contributed by atoms with Crippen LogP contribution in [0.25, 0.3) is 0 Å². The normalized spacial score (nSPS) is 33.4. The molecule has 0 bridgehead atoms. The van der Waals surface area contributed by atoms with E-state index in [0.29, 0.717) is 30.9 Å². The van der Waals surface area contributed by atoms with Crippen molar-refractivity contribution in [2.75, 3.05) is 41.4 Å². The number of pyridine rings is 1. The number of sulfone groups is 1. The molecule has 1 aliphatic carbocycles. The van der Waals surface area contributed by atoms with Crippen LogP contribution in [0, 0.1) is 16.7 Å². The molecule has 1 aromatic heterocycles. The number of nitrogens with zero attached hydrogens (tertiary/aromatic N) is 2. The summed E-state index contributed by atoms with van der Waals surface area (Å²) in [5.41, 5.74) is 13.4. The summed E-state index contributed by atoms with van der Waals surface area (Å²) in [5.74, 6) is -0.989. The van der Waals surface area contributed by atoms with Gasteiger partial charge in [0.1, 0.15) is 6.17 Å². The maximum Gasteiger partial charge on any atom is 0.232 e. The van der Waals surface area contributed by atoms with E-state index >= 15 is 0 Å². The maximum absolute atomic E-state index is 14.8. The molecule has 1 amide bonds. The van der Waals surface area contributed by atoms with Gasteiger partial charge in [0, 0.05) is 31.9 Å². The molecule has 4 rings (SSSR count). The lowest BCUT2D eigenvalue weighted by Crippen LogP contribution is -2.57. The zero-order chi connectivity index (χ0) is 25.4. The van der Waals surface area contributed by atoms with E-state index in [-0.39, 0.29) is 40.8 Å². The highest BCUT2D eigenvalue weighted by molar-refractivity contribution is 7.91. The van der Waals surface area contributed by atoms with Crippen LogP contribution in [0.5, 0.6) is 0 Å². The van der Waals surface area contributed by atoms with Crippen LogP contribution in [-0.2, 0) is 14.6 Å². The monoisotopic (exact) mass is 510 g/mol. The molecule has 35 heavy (non-hydrogen) atoms. The zero-order valence-electron chi connectivity index (χ0n) is 20.7. The van der Waals surface area contributed by atoms with Crippen LogP contribution >= 0.6 is 0 Å². The topological polar surface area (TPSA) is 143 Å². The average Bonchev–Trinajstić information content (AvgIpc) is 3.32. The van der Waals surface area contributed by atoms with Gasteiger partial charge in [-0.25, -0.2) is 12.8 Å². The Kier molecular flexibility index (Phi) is 7.43. The first-order chi connectivity index (χ1) is 16.5. The summed E-state index contributed by atoms with van der Waals surface area (Å²) < 4.78 is 38.5. The first-order valence-corrected chi connectivity index (χ1v) is 14.4. The highest BCUT2D eigenvalue weighted by Gasteiger charge is 2.64. The lowest BCUT2D eigenvalue weighted by Gasteiger charge is -2.37. The van der Waals surface area contributed by atoms with E-state index in [1.54, 1.807) is 18.5 Å². The minimum Gasteiger partial charge on any atom is -0.368 e. The van der Waals surface area contributed by atoms with E-state index in [1.165, 1.54) is 0 Å². The smallest absolute Gasteiger partial charge is 0.232 e. The third kappa shape index (κ3) is 5.47. The second-order valence-electron chi connectivity index (χ2n) is 10.9. The number of aromatic nitrogens is 1. The Morgan fingerprint density at radius 3 is 2.71 bits per heavy atom. The summed E-state index contributed by atoms with van der Waals surface area (Å²) in [5, 5.41) is 6.23. The van der Waals surface area contributed by atoms with Gasteiger partial charge in [0.2, 0.25) is 5.91 Å². The second-order valence-corrected chi connectivity index (χ2v) is 13.2. The summed E-state index contributed by atoms with van der Waals surface area (Å²) in [7, 11) is -3.04. The van der Waals surface area contributed by atoms with E-state index in [9.17, 15) is 17.6 Å². The highest BCUT2D eigenvalue weighted by atomic mass is 32.2. The number of hydrogen-bond donors (Lipinski definition) is 4. The number of carbonyl (C=O) groups excluding carboxylic acids is 1. The molecule has 0 aromatic carbocycles. The molecule has 1 aromatic rings. The quantitative estimate of drug-likeness (QED) is 0.403. The fourth-order valence-electron chi connectivity index (χ4n) is 6.42. The van der Waals surface area contributed by atoms with Crippen molar-refractivity contribution in [1.29, 1.82) is 0 Å². The number of fused-ring (bicyclic) bond motifs is 1. The van der Waals surface area contributed by atoms with Gasteiger partial charge in [-0.1, -0.05) is 20.3 Å². The molecule has 3 heterocycles. The Hall–Kier alpha value is -1.82. The maximum atomic E-state index is 14.8. The number of carbonyl (C=O) groups is 1. The molecule has 5 unspecified atom stereocenters. The molecule has 0 radical (unpaired) electrons. The Morgan fingerprint density at radius 2 is 2.06 bits per heavy atom. The van der Waals surface area contributed by atoms with Gasteiger partial charge in [0.05, 0.1) is 41.2 Å². The summed E-state index contributed by atoms with van der Waals surface area (Å²) in [4.78, 5) is 19.7. The number of halogens is 1. The Labute approximate surface area is 207 Å². The number of nitrogens with one attached hydrogen (secondary N) is 2. The molecule has 3 aliphatic rings. The van der Waals surface area contributed by atoms with Gasteiger partial charge >= 0.3 is 0 Å². The Morgan fingerprint density at radius 1 is 1.34 bits per heavy atom. The van der Waals surface area contributed by atoms with Crippen molar-refractivity contribution < 1.29 is 17.6 Å². The number of rotatable bonds is 7.